The van der Waals surface area contributed by atoms with Crippen molar-refractivity contribution in [3.8, 4) is 0 Å². The third-order valence-corrected chi connectivity index (χ3v) is 4.71. The Morgan fingerprint density at radius 3 is 2.71 bits per heavy atom. The molecule has 1 fully saturated rings. The minimum atomic E-state index is 0.0291. The van der Waals surface area contributed by atoms with Gasteiger partial charge in [-0.25, -0.2) is 0 Å². The Kier molecular flexibility index (Phi) is 4.83. The highest BCUT2D eigenvalue weighted by molar-refractivity contribution is 5.93. The molecule has 0 bridgehead atoms. The van der Waals surface area contributed by atoms with Crippen molar-refractivity contribution in [2.45, 2.75) is 32.2 Å². The summed E-state index contributed by atoms with van der Waals surface area (Å²) < 4.78 is 1.96. The fraction of sp³-hybridized carbons (Fsp3) is 0.500. The lowest BCUT2D eigenvalue weighted by Gasteiger charge is -2.31. The Morgan fingerprint density at radius 2 is 2.08 bits per heavy atom. The molecule has 0 radical (unpaired) electrons. The summed E-state index contributed by atoms with van der Waals surface area (Å²) in [6, 6.07) is 3.77. The summed E-state index contributed by atoms with van der Waals surface area (Å²) in [6.45, 7) is 4.53. The molecule has 1 aliphatic rings. The van der Waals surface area contributed by atoms with Gasteiger partial charge in [-0.05, 0) is 43.4 Å². The molecule has 0 spiro atoms. The van der Waals surface area contributed by atoms with Crippen LogP contribution in [-0.2, 0) is 6.54 Å². The number of hydrogen-bond donors (Lipinski definition) is 0. The summed E-state index contributed by atoms with van der Waals surface area (Å²) in [5.41, 5.74) is 2.81. The van der Waals surface area contributed by atoms with Gasteiger partial charge >= 0.3 is 0 Å². The van der Waals surface area contributed by atoms with E-state index in [9.17, 15) is 4.79 Å². The quantitative estimate of drug-likeness (QED) is 0.865. The molecule has 3 heterocycles. The van der Waals surface area contributed by atoms with E-state index in [4.69, 9.17) is 0 Å². The molecule has 6 nitrogen and oxygen atoms in total. The van der Waals surface area contributed by atoms with E-state index in [-0.39, 0.29) is 5.91 Å². The van der Waals surface area contributed by atoms with Gasteiger partial charge in [0, 0.05) is 51.8 Å². The number of carbonyl (C=O) groups is 1. The van der Waals surface area contributed by atoms with E-state index < -0.39 is 0 Å². The van der Waals surface area contributed by atoms with Crippen molar-refractivity contribution in [3.63, 3.8) is 0 Å². The third-order valence-electron chi connectivity index (χ3n) is 4.71. The largest absolute Gasteiger partial charge is 0.378 e. The molecule has 1 aliphatic heterocycles. The summed E-state index contributed by atoms with van der Waals surface area (Å²) in [4.78, 5) is 20.9. The second-order valence-electron chi connectivity index (χ2n) is 6.49. The number of carbonyl (C=O) groups excluding carboxylic acids is 1. The molecule has 0 aliphatic carbocycles. The smallest absolute Gasteiger partial charge is 0.272 e. The van der Waals surface area contributed by atoms with Crippen molar-refractivity contribution in [3.05, 3.63) is 42.0 Å². The van der Waals surface area contributed by atoms with E-state index in [1.54, 1.807) is 6.20 Å². The number of piperidine rings is 1. The highest BCUT2D eigenvalue weighted by atomic mass is 16.2. The molecular weight excluding hydrogens is 302 g/mol. The molecule has 0 aromatic carbocycles. The Balaban J connectivity index is 1.63. The van der Waals surface area contributed by atoms with E-state index in [0.717, 1.165) is 38.2 Å². The maximum Gasteiger partial charge on any atom is 0.272 e. The van der Waals surface area contributed by atoms with Crippen molar-refractivity contribution < 1.29 is 4.79 Å². The van der Waals surface area contributed by atoms with E-state index in [0.29, 0.717) is 11.6 Å². The molecular formula is C18H25N5O. The van der Waals surface area contributed by atoms with Crippen LogP contribution >= 0.6 is 0 Å². The molecule has 0 atom stereocenters. The zero-order valence-corrected chi connectivity index (χ0v) is 14.6. The molecule has 2 aromatic heterocycles. The van der Waals surface area contributed by atoms with Crippen LogP contribution in [-0.4, -0.2) is 52.8 Å². The van der Waals surface area contributed by atoms with E-state index in [2.05, 4.69) is 23.2 Å². The van der Waals surface area contributed by atoms with Crippen LogP contribution in [0.2, 0.25) is 0 Å². The molecule has 0 unspecified atom stereocenters. The first-order valence-electron chi connectivity index (χ1n) is 8.53. The number of likely N-dealkylation sites (tertiary alicyclic amines) is 1. The third kappa shape index (κ3) is 3.42. The lowest BCUT2D eigenvalue weighted by atomic mass is 9.91. The Bertz CT molecular complexity index is 701. The van der Waals surface area contributed by atoms with Gasteiger partial charge in [0.1, 0.15) is 5.69 Å². The summed E-state index contributed by atoms with van der Waals surface area (Å²) in [5, 5.41) is 4.36. The van der Waals surface area contributed by atoms with Gasteiger partial charge < -0.3 is 9.80 Å². The molecule has 0 N–H and O–H groups in total. The number of amides is 1. The van der Waals surface area contributed by atoms with Crippen LogP contribution in [0, 0.1) is 0 Å². The standard InChI is InChI=1S/C18H25N5O/c1-4-23-13-15(12-20-23)14-6-9-22(10-7-14)18(24)17-11-16(21(2)3)5-8-19-17/h5,8,11-14H,4,6-7,9-10H2,1-3H3. The van der Waals surface area contributed by atoms with E-state index >= 15 is 0 Å². The second kappa shape index (κ2) is 7.03. The Morgan fingerprint density at radius 1 is 1.33 bits per heavy atom. The molecule has 0 saturated carbocycles. The number of aryl methyl sites for hydroxylation is 1. The van der Waals surface area contributed by atoms with Gasteiger partial charge in [-0.15, -0.1) is 0 Å². The molecule has 1 amide bonds. The SMILES string of the molecule is CCn1cc(C2CCN(C(=O)c3cc(N(C)C)ccn3)CC2)cn1. The predicted octanol–water partition coefficient (Wildman–Crippen LogP) is 2.38. The minimum absolute atomic E-state index is 0.0291. The average molecular weight is 327 g/mol. The first-order valence-corrected chi connectivity index (χ1v) is 8.53. The maximum absolute atomic E-state index is 12.7. The van der Waals surface area contributed by atoms with Crippen LogP contribution in [0.5, 0.6) is 0 Å². The van der Waals surface area contributed by atoms with E-state index in [1.165, 1.54) is 5.56 Å². The zero-order chi connectivity index (χ0) is 17.1. The van der Waals surface area contributed by atoms with Gasteiger partial charge in [0.15, 0.2) is 0 Å². The molecule has 3 rings (SSSR count). The number of pyridine rings is 1. The van der Waals surface area contributed by atoms with Gasteiger partial charge in [0.2, 0.25) is 0 Å². The van der Waals surface area contributed by atoms with Crippen molar-refractivity contribution in [2.75, 3.05) is 32.1 Å². The average Bonchev–Trinajstić information content (AvgIpc) is 3.10. The number of nitrogens with zero attached hydrogens (tertiary/aromatic N) is 5. The second-order valence-corrected chi connectivity index (χ2v) is 6.49. The van der Waals surface area contributed by atoms with Crippen LogP contribution < -0.4 is 4.90 Å². The van der Waals surface area contributed by atoms with E-state index in [1.807, 2.05) is 46.9 Å². The lowest BCUT2D eigenvalue weighted by molar-refractivity contribution is 0.0707. The number of aromatic nitrogens is 3. The Hall–Kier alpha value is -2.37. The maximum atomic E-state index is 12.7. The number of rotatable bonds is 4. The normalized spacial score (nSPS) is 15.5. The first-order chi connectivity index (χ1) is 11.6. The van der Waals surface area contributed by atoms with Gasteiger partial charge in [-0.2, -0.15) is 5.10 Å². The van der Waals surface area contributed by atoms with Gasteiger partial charge in [-0.1, -0.05) is 0 Å². The topological polar surface area (TPSA) is 54.3 Å². The van der Waals surface area contributed by atoms with Crippen LogP contribution in [0.15, 0.2) is 30.7 Å². The van der Waals surface area contributed by atoms with Gasteiger partial charge in [-0.3, -0.25) is 14.5 Å². The Labute approximate surface area is 143 Å². The fourth-order valence-corrected chi connectivity index (χ4v) is 3.16. The van der Waals surface area contributed by atoms with Crippen LogP contribution in [0.3, 0.4) is 0 Å². The monoisotopic (exact) mass is 327 g/mol. The highest BCUT2D eigenvalue weighted by Gasteiger charge is 2.26. The fourth-order valence-electron chi connectivity index (χ4n) is 3.16. The summed E-state index contributed by atoms with van der Waals surface area (Å²) in [7, 11) is 3.93. The first kappa shape index (κ1) is 16.5. The van der Waals surface area contributed by atoms with Crippen molar-refractivity contribution in [1.82, 2.24) is 19.7 Å². The number of hydrogen-bond acceptors (Lipinski definition) is 4. The molecule has 128 valence electrons. The van der Waals surface area contributed by atoms with Gasteiger partial charge in [0.25, 0.3) is 5.91 Å². The number of anilines is 1. The molecule has 24 heavy (non-hydrogen) atoms. The van der Waals surface area contributed by atoms with Crippen LogP contribution in [0.4, 0.5) is 5.69 Å². The molecule has 1 saturated heterocycles. The van der Waals surface area contributed by atoms with Crippen molar-refractivity contribution in [1.29, 1.82) is 0 Å². The summed E-state index contributed by atoms with van der Waals surface area (Å²) >= 11 is 0. The predicted molar refractivity (Wildman–Crippen MR) is 94.3 cm³/mol. The van der Waals surface area contributed by atoms with Crippen LogP contribution in [0.25, 0.3) is 0 Å². The highest BCUT2D eigenvalue weighted by Crippen LogP contribution is 2.28. The van der Waals surface area contributed by atoms with Crippen LogP contribution in [0.1, 0.15) is 41.7 Å². The molecule has 6 heteroatoms. The summed E-state index contributed by atoms with van der Waals surface area (Å²) in [6.07, 6.45) is 7.76. The summed E-state index contributed by atoms with van der Waals surface area (Å²) in [5.74, 6) is 0.525. The minimum Gasteiger partial charge on any atom is -0.378 e. The molecule has 2 aromatic rings. The lowest BCUT2D eigenvalue weighted by Crippen LogP contribution is -2.38. The zero-order valence-electron chi connectivity index (χ0n) is 14.6. The van der Waals surface area contributed by atoms with Crippen molar-refractivity contribution >= 4 is 11.6 Å². The van der Waals surface area contributed by atoms with Crippen molar-refractivity contribution in [2.24, 2.45) is 0 Å². The van der Waals surface area contributed by atoms with Gasteiger partial charge in [0.05, 0.1) is 6.20 Å².